The molecule has 2 atom stereocenters. The number of methoxy groups -OCH3 is 1. The minimum Gasteiger partial charge on any atom is -0.494 e. The number of ether oxygens (including phenoxy) is 2. The van der Waals surface area contributed by atoms with E-state index < -0.39 is 5.82 Å². The predicted octanol–water partition coefficient (Wildman–Crippen LogP) is 2.40. The van der Waals surface area contributed by atoms with Gasteiger partial charge in [0.25, 0.3) is 0 Å². The Morgan fingerprint density at radius 3 is 2.83 bits per heavy atom. The van der Waals surface area contributed by atoms with Crippen LogP contribution in [-0.4, -0.2) is 25.4 Å². The number of nitrogens with one attached hydrogen (secondary N) is 1. The van der Waals surface area contributed by atoms with E-state index >= 15 is 0 Å². The highest BCUT2D eigenvalue weighted by Crippen LogP contribution is 2.34. The number of nitrogen functional groups attached to an aromatic ring is 1. The molecule has 0 radical (unpaired) electrons. The summed E-state index contributed by atoms with van der Waals surface area (Å²) in [6.07, 6.45) is 0.959. The largest absolute Gasteiger partial charge is 0.494 e. The van der Waals surface area contributed by atoms with E-state index in [-0.39, 0.29) is 17.4 Å². The SMILES string of the molecule is COc1cc(NC2(C)CCOC2C)c(N)cc1F. The number of nitrogens with two attached hydrogens (primary N) is 1. The van der Waals surface area contributed by atoms with Gasteiger partial charge in [-0.1, -0.05) is 0 Å². The van der Waals surface area contributed by atoms with Crippen molar-refractivity contribution in [2.45, 2.75) is 31.9 Å². The minimum atomic E-state index is -0.457. The van der Waals surface area contributed by atoms with Crippen molar-refractivity contribution in [3.05, 3.63) is 17.9 Å². The number of rotatable bonds is 3. The Morgan fingerprint density at radius 1 is 1.56 bits per heavy atom. The van der Waals surface area contributed by atoms with Crippen LogP contribution >= 0.6 is 0 Å². The van der Waals surface area contributed by atoms with E-state index in [1.165, 1.54) is 13.2 Å². The molecule has 0 spiro atoms. The van der Waals surface area contributed by atoms with Crippen molar-refractivity contribution in [3.63, 3.8) is 0 Å². The van der Waals surface area contributed by atoms with Gasteiger partial charge >= 0.3 is 0 Å². The normalized spacial score (nSPS) is 27.2. The number of hydrogen-bond acceptors (Lipinski definition) is 4. The predicted molar refractivity (Wildman–Crippen MR) is 69.4 cm³/mol. The van der Waals surface area contributed by atoms with Crippen molar-refractivity contribution < 1.29 is 13.9 Å². The Hall–Kier alpha value is -1.49. The Labute approximate surface area is 106 Å². The van der Waals surface area contributed by atoms with E-state index in [1.807, 2.05) is 6.92 Å². The zero-order valence-corrected chi connectivity index (χ0v) is 10.9. The number of anilines is 2. The fourth-order valence-corrected chi connectivity index (χ4v) is 2.14. The molecular formula is C13H19FN2O2. The van der Waals surface area contributed by atoms with Crippen molar-refractivity contribution in [1.29, 1.82) is 0 Å². The second-order valence-corrected chi connectivity index (χ2v) is 4.88. The monoisotopic (exact) mass is 254 g/mol. The van der Waals surface area contributed by atoms with Crippen molar-refractivity contribution in [2.75, 3.05) is 24.8 Å². The summed E-state index contributed by atoms with van der Waals surface area (Å²) in [5.74, 6) is -0.275. The van der Waals surface area contributed by atoms with Gasteiger partial charge in [-0.05, 0) is 20.3 Å². The smallest absolute Gasteiger partial charge is 0.167 e. The summed E-state index contributed by atoms with van der Waals surface area (Å²) in [6.45, 7) is 4.79. The van der Waals surface area contributed by atoms with Crippen LogP contribution in [0.15, 0.2) is 12.1 Å². The summed E-state index contributed by atoms with van der Waals surface area (Å²) in [5.41, 5.74) is 6.67. The first-order valence-electron chi connectivity index (χ1n) is 5.99. The van der Waals surface area contributed by atoms with Crippen LogP contribution in [0.5, 0.6) is 5.75 Å². The van der Waals surface area contributed by atoms with E-state index in [2.05, 4.69) is 12.2 Å². The molecular weight excluding hydrogens is 235 g/mol. The van der Waals surface area contributed by atoms with Crippen molar-refractivity contribution >= 4 is 11.4 Å². The molecule has 1 heterocycles. The summed E-state index contributed by atoms with van der Waals surface area (Å²) >= 11 is 0. The summed E-state index contributed by atoms with van der Waals surface area (Å²) in [7, 11) is 1.43. The average Bonchev–Trinajstić information content (AvgIpc) is 2.63. The highest BCUT2D eigenvalue weighted by Gasteiger charge is 2.37. The third-order valence-corrected chi connectivity index (χ3v) is 3.63. The summed E-state index contributed by atoms with van der Waals surface area (Å²) in [6, 6.07) is 2.85. The van der Waals surface area contributed by atoms with Crippen LogP contribution in [0, 0.1) is 5.82 Å². The molecule has 18 heavy (non-hydrogen) atoms. The summed E-state index contributed by atoms with van der Waals surface area (Å²) < 4.78 is 24.0. The Morgan fingerprint density at radius 2 is 2.28 bits per heavy atom. The molecule has 2 rings (SSSR count). The van der Waals surface area contributed by atoms with Crippen molar-refractivity contribution in [1.82, 2.24) is 0 Å². The second-order valence-electron chi connectivity index (χ2n) is 4.88. The molecule has 0 saturated carbocycles. The Bertz CT molecular complexity index is 453. The number of halogens is 1. The molecule has 1 aliphatic rings. The minimum absolute atomic E-state index is 0.0768. The van der Waals surface area contributed by atoms with Crippen LogP contribution in [0.1, 0.15) is 20.3 Å². The van der Waals surface area contributed by atoms with Crippen LogP contribution in [0.2, 0.25) is 0 Å². The zero-order valence-electron chi connectivity index (χ0n) is 10.9. The first-order chi connectivity index (χ1) is 8.46. The zero-order chi connectivity index (χ0) is 13.3. The molecule has 100 valence electrons. The molecule has 5 heteroatoms. The number of benzene rings is 1. The molecule has 1 saturated heterocycles. The summed E-state index contributed by atoms with van der Waals surface area (Å²) in [5, 5.41) is 3.34. The topological polar surface area (TPSA) is 56.5 Å². The molecule has 1 aromatic rings. The first kappa shape index (κ1) is 13.0. The maximum Gasteiger partial charge on any atom is 0.167 e. The van der Waals surface area contributed by atoms with Gasteiger partial charge in [0.1, 0.15) is 0 Å². The molecule has 0 aromatic heterocycles. The van der Waals surface area contributed by atoms with E-state index in [0.29, 0.717) is 18.0 Å². The van der Waals surface area contributed by atoms with Gasteiger partial charge < -0.3 is 20.5 Å². The lowest BCUT2D eigenvalue weighted by Gasteiger charge is -2.31. The molecule has 1 aliphatic heterocycles. The van der Waals surface area contributed by atoms with Gasteiger partial charge in [-0.25, -0.2) is 4.39 Å². The third-order valence-electron chi connectivity index (χ3n) is 3.63. The highest BCUT2D eigenvalue weighted by atomic mass is 19.1. The van der Waals surface area contributed by atoms with E-state index in [0.717, 1.165) is 6.42 Å². The molecule has 0 bridgehead atoms. The lowest BCUT2D eigenvalue weighted by molar-refractivity contribution is 0.105. The van der Waals surface area contributed by atoms with Crippen LogP contribution in [0.25, 0.3) is 0 Å². The molecule has 1 aromatic carbocycles. The fraction of sp³-hybridized carbons (Fsp3) is 0.538. The fourth-order valence-electron chi connectivity index (χ4n) is 2.14. The maximum atomic E-state index is 13.5. The average molecular weight is 254 g/mol. The first-order valence-corrected chi connectivity index (χ1v) is 5.99. The van der Waals surface area contributed by atoms with Crippen LogP contribution in [0.4, 0.5) is 15.8 Å². The highest BCUT2D eigenvalue weighted by molar-refractivity contribution is 5.69. The molecule has 4 nitrogen and oxygen atoms in total. The van der Waals surface area contributed by atoms with Gasteiger partial charge in [-0.15, -0.1) is 0 Å². The molecule has 2 unspecified atom stereocenters. The molecule has 3 N–H and O–H groups in total. The van der Waals surface area contributed by atoms with Crippen LogP contribution < -0.4 is 15.8 Å². The Balaban J connectivity index is 2.29. The second kappa shape index (κ2) is 4.65. The number of hydrogen-bond donors (Lipinski definition) is 2. The molecule has 0 aliphatic carbocycles. The molecule has 1 fully saturated rings. The van der Waals surface area contributed by atoms with E-state index in [1.54, 1.807) is 6.07 Å². The lowest BCUT2D eigenvalue weighted by atomic mass is 9.94. The Kier molecular flexibility index (Phi) is 3.34. The summed E-state index contributed by atoms with van der Waals surface area (Å²) in [4.78, 5) is 0. The van der Waals surface area contributed by atoms with Crippen molar-refractivity contribution in [2.24, 2.45) is 0 Å². The van der Waals surface area contributed by atoms with Crippen molar-refractivity contribution in [3.8, 4) is 5.75 Å². The third kappa shape index (κ3) is 2.22. The van der Waals surface area contributed by atoms with Crippen LogP contribution in [-0.2, 0) is 4.74 Å². The van der Waals surface area contributed by atoms with E-state index in [9.17, 15) is 4.39 Å². The van der Waals surface area contributed by atoms with Gasteiger partial charge in [0.2, 0.25) is 0 Å². The quantitative estimate of drug-likeness (QED) is 0.813. The van der Waals surface area contributed by atoms with Gasteiger partial charge in [0.15, 0.2) is 11.6 Å². The lowest BCUT2D eigenvalue weighted by Crippen LogP contribution is -2.41. The van der Waals surface area contributed by atoms with Gasteiger partial charge in [-0.3, -0.25) is 0 Å². The van der Waals surface area contributed by atoms with Gasteiger partial charge in [0, 0.05) is 18.7 Å². The van der Waals surface area contributed by atoms with Gasteiger partial charge in [0.05, 0.1) is 30.1 Å². The molecule has 0 amide bonds. The standard InChI is InChI=1S/C13H19FN2O2/c1-8-13(2,4-5-18-8)16-11-7-12(17-3)9(14)6-10(11)15/h6-8,16H,4-5,15H2,1-3H3. The maximum absolute atomic E-state index is 13.5. The van der Waals surface area contributed by atoms with E-state index in [4.69, 9.17) is 15.2 Å². The van der Waals surface area contributed by atoms with Crippen LogP contribution in [0.3, 0.4) is 0 Å². The van der Waals surface area contributed by atoms with Gasteiger partial charge in [-0.2, -0.15) is 0 Å².